The second-order valence-corrected chi connectivity index (χ2v) is 9.95. The van der Waals surface area contributed by atoms with Gasteiger partial charge in [-0.3, -0.25) is 9.59 Å². The number of thioether (sulfide) groups is 1. The van der Waals surface area contributed by atoms with Crippen molar-refractivity contribution in [3.63, 3.8) is 0 Å². The minimum absolute atomic E-state index is 0.0326. The molecule has 0 saturated carbocycles. The summed E-state index contributed by atoms with van der Waals surface area (Å²) in [5.74, 6) is 0.312. The summed E-state index contributed by atoms with van der Waals surface area (Å²) in [7, 11) is 0. The fourth-order valence-corrected chi connectivity index (χ4v) is 4.52. The van der Waals surface area contributed by atoms with E-state index in [0.29, 0.717) is 43.8 Å². The lowest BCUT2D eigenvalue weighted by atomic mass is 10.0. The average molecular weight is 541 g/mol. The first-order valence-corrected chi connectivity index (χ1v) is 12.7. The Hall–Kier alpha value is -2.26. The van der Waals surface area contributed by atoms with Gasteiger partial charge in [0.05, 0.1) is 21.8 Å². The van der Waals surface area contributed by atoms with Gasteiger partial charge in [-0.25, -0.2) is 0 Å². The number of aromatic nitrogens is 3. The second kappa shape index (κ2) is 11.9. The van der Waals surface area contributed by atoms with Crippen LogP contribution in [0.2, 0.25) is 15.1 Å². The van der Waals surface area contributed by atoms with E-state index in [1.165, 1.54) is 17.8 Å². The Bertz CT molecular complexity index is 1190. The monoisotopic (exact) mass is 539 g/mol. The Kier molecular flexibility index (Phi) is 9.24. The number of carbonyl (C=O) groups excluding carboxylic acids is 2. The summed E-state index contributed by atoms with van der Waals surface area (Å²) < 4.78 is 1.90. The van der Waals surface area contributed by atoms with E-state index in [1.807, 2.05) is 25.3 Å². The van der Waals surface area contributed by atoms with E-state index in [4.69, 9.17) is 34.8 Å². The van der Waals surface area contributed by atoms with Crippen LogP contribution in [-0.2, 0) is 11.3 Å². The number of nitrogens with zero attached hydrogens (tertiary/aromatic N) is 3. The lowest BCUT2D eigenvalue weighted by Gasteiger charge is -2.22. The highest BCUT2D eigenvalue weighted by atomic mass is 35.5. The van der Waals surface area contributed by atoms with Crippen molar-refractivity contribution in [2.24, 2.45) is 5.92 Å². The normalized spacial score (nSPS) is 12.0. The summed E-state index contributed by atoms with van der Waals surface area (Å²) >= 11 is 19.3. The molecule has 3 rings (SSSR count). The zero-order chi connectivity index (χ0) is 24.8. The van der Waals surface area contributed by atoms with Gasteiger partial charge in [-0.05, 0) is 49.2 Å². The molecule has 7 nitrogen and oxygen atoms in total. The van der Waals surface area contributed by atoms with Crippen molar-refractivity contribution in [3.8, 4) is 0 Å². The zero-order valence-corrected chi connectivity index (χ0v) is 21.9. The van der Waals surface area contributed by atoms with Gasteiger partial charge in [0.15, 0.2) is 11.0 Å². The third-order valence-corrected chi connectivity index (χ3v) is 6.86. The van der Waals surface area contributed by atoms with Crippen LogP contribution in [0.15, 0.2) is 47.6 Å². The largest absolute Gasteiger partial charge is 0.342 e. The quantitative estimate of drug-likeness (QED) is 0.319. The molecule has 0 spiro atoms. The Morgan fingerprint density at radius 3 is 2.47 bits per heavy atom. The van der Waals surface area contributed by atoms with Gasteiger partial charge in [0, 0.05) is 22.8 Å². The van der Waals surface area contributed by atoms with Crippen molar-refractivity contribution in [2.75, 3.05) is 11.1 Å². The summed E-state index contributed by atoms with van der Waals surface area (Å²) in [6.07, 6.45) is 0. The first-order valence-electron chi connectivity index (χ1n) is 10.6. The molecule has 3 aromatic rings. The second-order valence-electron chi connectivity index (χ2n) is 7.76. The molecule has 2 amide bonds. The first kappa shape index (κ1) is 26.3. The molecule has 2 N–H and O–H groups in total. The number of amides is 2. The molecule has 0 bridgehead atoms. The molecule has 180 valence electrons. The molecule has 0 fully saturated rings. The third kappa shape index (κ3) is 6.66. The fourth-order valence-electron chi connectivity index (χ4n) is 3.22. The van der Waals surface area contributed by atoms with E-state index >= 15 is 0 Å². The maximum Gasteiger partial charge on any atom is 0.251 e. The van der Waals surface area contributed by atoms with Crippen LogP contribution in [0.5, 0.6) is 0 Å². The Labute approximate surface area is 217 Å². The first-order chi connectivity index (χ1) is 16.2. The summed E-state index contributed by atoms with van der Waals surface area (Å²) in [6, 6.07) is 11.3. The minimum atomic E-state index is -0.399. The Morgan fingerprint density at radius 2 is 1.82 bits per heavy atom. The van der Waals surface area contributed by atoms with E-state index in [-0.39, 0.29) is 23.5 Å². The van der Waals surface area contributed by atoms with Crippen molar-refractivity contribution >= 4 is 64.1 Å². The van der Waals surface area contributed by atoms with Gasteiger partial charge in [0.2, 0.25) is 5.91 Å². The molecule has 0 saturated heterocycles. The lowest BCUT2D eigenvalue weighted by molar-refractivity contribution is -0.113. The summed E-state index contributed by atoms with van der Waals surface area (Å²) in [4.78, 5) is 25.3. The highest BCUT2D eigenvalue weighted by Crippen LogP contribution is 2.27. The Morgan fingerprint density at radius 1 is 1.06 bits per heavy atom. The molecule has 1 heterocycles. The molecule has 0 aliphatic heterocycles. The number of halogens is 3. The van der Waals surface area contributed by atoms with Crippen molar-refractivity contribution in [1.82, 2.24) is 20.1 Å². The predicted octanol–water partition coefficient (Wildman–Crippen LogP) is 6.12. The van der Waals surface area contributed by atoms with Gasteiger partial charge in [-0.1, -0.05) is 66.5 Å². The maximum atomic E-state index is 12.9. The van der Waals surface area contributed by atoms with Gasteiger partial charge in [-0.2, -0.15) is 0 Å². The summed E-state index contributed by atoms with van der Waals surface area (Å²) in [6.45, 7) is 6.51. The highest BCUT2D eigenvalue weighted by molar-refractivity contribution is 7.99. The molecule has 2 aromatic carbocycles. The van der Waals surface area contributed by atoms with E-state index in [2.05, 4.69) is 20.8 Å². The van der Waals surface area contributed by atoms with Gasteiger partial charge in [-0.15, -0.1) is 10.2 Å². The van der Waals surface area contributed by atoms with Crippen molar-refractivity contribution in [3.05, 3.63) is 68.9 Å². The molecule has 0 radical (unpaired) electrons. The number of hydrogen-bond acceptors (Lipinski definition) is 5. The lowest BCUT2D eigenvalue weighted by Crippen LogP contribution is -2.33. The molecule has 1 aromatic heterocycles. The van der Waals surface area contributed by atoms with E-state index in [9.17, 15) is 9.59 Å². The van der Waals surface area contributed by atoms with Gasteiger partial charge in [0.25, 0.3) is 5.91 Å². The number of anilines is 1. The number of nitrogens with one attached hydrogen (secondary N) is 2. The van der Waals surface area contributed by atoms with Crippen LogP contribution in [0.25, 0.3) is 0 Å². The molecule has 0 unspecified atom stereocenters. The average Bonchev–Trinajstić information content (AvgIpc) is 3.20. The Balaban J connectivity index is 1.72. The fraction of sp³-hybridized carbons (Fsp3) is 0.304. The molecule has 0 aliphatic rings. The molecule has 11 heteroatoms. The van der Waals surface area contributed by atoms with Gasteiger partial charge >= 0.3 is 0 Å². The van der Waals surface area contributed by atoms with E-state index in [1.54, 1.807) is 36.4 Å². The SMILES string of the molecule is CCn1c(SCC(=O)Nc2cccc(Cl)c2)nnc1[C@H](NC(=O)c1ccc(Cl)c(Cl)c1)C(C)C. The smallest absolute Gasteiger partial charge is 0.251 e. The van der Waals surface area contributed by atoms with Crippen LogP contribution in [0.4, 0.5) is 5.69 Å². The number of carbonyl (C=O) groups is 2. The molecular weight excluding hydrogens is 517 g/mol. The molecular formula is C23H24Cl3N5O2S. The van der Waals surface area contributed by atoms with Crippen LogP contribution >= 0.6 is 46.6 Å². The zero-order valence-electron chi connectivity index (χ0n) is 18.8. The van der Waals surface area contributed by atoms with E-state index < -0.39 is 6.04 Å². The van der Waals surface area contributed by atoms with Crippen LogP contribution in [0, 0.1) is 5.92 Å². The van der Waals surface area contributed by atoms with E-state index in [0.717, 1.165) is 0 Å². The van der Waals surface area contributed by atoms with Gasteiger partial charge < -0.3 is 15.2 Å². The van der Waals surface area contributed by atoms with Crippen LogP contribution in [0.1, 0.15) is 43.0 Å². The van der Waals surface area contributed by atoms with Crippen LogP contribution < -0.4 is 10.6 Å². The minimum Gasteiger partial charge on any atom is -0.342 e. The maximum absolute atomic E-state index is 12.9. The highest BCUT2D eigenvalue weighted by Gasteiger charge is 2.26. The summed E-state index contributed by atoms with van der Waals surface area (Å²) in [5, 5.41) is 16.3. The standard InChI is InChI=1S/C23H24Cl3N5O2S/c1-4-31-21(20(13(2)3)28-22(33)14-8-9-17(25)18(26)10-14)29-30-23(31)34-12-19(32)27-16-7-5-6-15(24)11-16/h5-11,13,20H,4,12H2,1-3H3,(H,27,32)(H,28,33)/t20-/m1/s1. The topological polar surface area (TPSA) is 88.9 Å². The number of rotatable bonds is 9. The van der Waals surface area contributed by atoms with Crippen molar-refractivity contribution in [2.45, 2.75) is 38.5 Å². The van der Waals surface area contributed by atoms with Gasteiger partial charge in [0.1, 0.15) is 0 Å². The number of hydrogen-bond donors (Lipinski definition) is 2. The molecule has 34 heavy (non-hydrogen) atoms. The third-order valence-electron chi connectivity index (χ3n) is 4.92. The van der Waals surface area contributed by atoms with Crippen molar-refractivity contribution < 1.29 is 9.59 Å². The molecule has 1 atom stereocenters. The number of benzene rings is 2. The molecule has 0 aliphatic carbocycles. The van der Waals surface area contributed by atoms with Crippen LogP contribution in [0.3, 0.4) is 0 Å². The van der Waals surface area contributed by atoms with Crippen LogP contribution in [-0.4, -0.2) is 32.3 Å². The summed E-state index contributed by atoms with van der Waals surface area (Å²) in [5.41, 5.74) is 1.02. The van der Waals surface area contributed by atoms with Crippen molar-refractivity contribution in [1.29, 1.82) is 0 Å². The predicted molar refractivity (Wildman–Crippen MR) is 138 cm³/mol.